The zero-order valence-electron chi connectivity index (χ0n) is 14.2. The number of nitriles is 1. The molecule has 0 saturated carbocycles. The van der Waals surface area contributed by atoms with E-state index in [1.165, 1.54) is 11.9 Å². The molecule has 1 saturated heterocycles. The predicted octanol–water partition coefficient (Wildman–Crippen LogP) is 1.93. The Morgan fingerprint density at radius 1 is 1.32 bits per heavy atom. The molecule has 3 heterocycles. The van der Waals surface area contributed by atoms with Gasteiger partial charge in [-0.15, -0.1) is 0 Å². The molecule has 0 amide bonds. The molecule has 4 rings (SSSR count). The van der Waals surface area contributed by atoms with Gasteiger partial charge in [0.15, 0.2) is 0 Å². The number of aromatic nitrogens is 3. The summed E-state index contributed by atoms with van der Waals surface area (Å²) in [5.74, 6) is 2.12. The van der Waals surface area contributed by atoms with Crippen molar-refractivity contribution in [3.05, 3.63) is 35.3 Å². The summed E-state index contributed by atoms with van der Waals surface area (Å²) in [6.45, 7) is 1.67. The normalized spacial score (nSPS) is 18.7. The van der Waals surface area contributed by atoms with Crippen LogP contribution < -0.4 is 15.0 Å². The maximum Gasteiger partial charge on any atom is 0.218 e. The highest BCUT2D eigenvalue weighted by atomic mass is 16.5. The van der Waals surface area contributed by atoms with Crippen LogP contribution in [0.4, 0.5) is 11.6 Å². The molecule has 1 aliphatic heterocycles. The lowest BCUT2D eigenvalue weighted by molar-refractivity contribution is 0.397. The Hall–Kier alpha value is -2.88. The molecule has 0 spiro atoms. The van der Waals surface area contributed by atoms with E-state index in [1.807, 2.05) is 6.07 Å². The smallest absolute Gasteiger partial charge is 0.218 e. The number of methoxy groups -OCH3 is 1. The highest BCUT2D eigenvalue weighted by Crippen LogP contribution is 2.29. The van der Waals surface area contributed by atoms with Crippen LogP contribution in [0.25, 0.3) is 0 Å². The fourth-order valence-corrected chi connectivity index (χ4v) is 3.59. The number of aryl methyl sites for hydroxylation is 2. The zero-order chi connectivity index (χ0) is 17.2. The van der Waals surface area contributed by atoms with E-state index in [4.69, 9.17) is 9.72 Å². The van der Waals surface area contributed by atoms with Gasteiger partial charge in [-0.3, -0.25) is 0 Å². The average Bonchev–Trinajstić information content (AvgIpc) is 3.29. The molecular weight excluding hydrogens is 316 g/mol. The van der Waals surface area contributed by atoms with Crippen molar-refractivity contribution >= 4 is 11.6 Å². The Balaban J connectivity index is 1.50. The van der Waals surface area contributed by atoms with Crippen molar-refractivity contribution < 1.29 is 4.74 Å². The zero-order valence-corrected chi connectivity index (χ0v) is 14.2. The molecule has 1 unspecified atom stereocenters. The van der Waals surface area contributed by atoms with Crippen molar-refractivity contribution in [1.82, 2.24) is 15.0 Å². The standard InChI is InChI=1S/C18H20N6O/c1-25-17-8-16(20-11-21-17)22-14-5-6-24(10-14)18-13(9-19)7-12-3-2-4-15(12)23-18/h7-8,11,14H,2-6,10H2,1H3,(H,20,21,22). The first kappa shape index (κ1) is 15.6. The van der Waals surface area contributed by atoms with Crippen LogP contribution in [0.1, 0.15) is 29.7 Å². The molecule has 1 atom stereocenters. The lowest BCUT2D eigenvalue weighted by Crippen LogP contribution is -2.27. The Kier molecular flexibility index (Phi) is 4.10. The number of nitrogens with zero attached hydrogens (tertiary/aromatic N) is 5. The van der Waals surface area contributed by atoms with E-state index in [1.54, 1.807) is 13.2 Å². The third-order valence-corrected chi connectivity index (χ3v) is 4.84. The number of anilines is 2. The molecule has 1 N–H and O–H groups in total. The molecular formula is C18H20N6O. The van der Waals surface area contributed by atoms with Crippen molar-refractivity contribution in [1.29, 1.82) is 5.26 Å². The number of ether oxygens (including phenoxy) is 1. The van der Waals surface area contributed by atoms with Crippen LogP contribution in [0.5, 0.6) is 5.88 Å². The van der Waals surface area contributed by atoms with Gasteiger partial charge < -0.3 is 15.0 Å². The van der Waals surface area contributed by atoms with Gasteiger partial charge in [0.25, 0.3) is 0 Å². The third kappa shape index (κ3) is 3.07. The Bertz CT molecular complexity index is 831. The molecule has 0 aromatic carbocycles. The summed E-state index contributed by atoms with van der Waals surface area (Å²) >= 11 is 0. The van der Waals surface area contributed by atoms with Gasteiger partial charge in [-0.2, -0.15) is 5.26 Å². The van der Waals surface area contributed by atoms with Crippen molar-refractivity contribution in [3.8, 4) is 11.9 Å². The maximum atomic E-state index is 9.51. The minimum Gasteiger partial charge on any atom is -0.481 e. The number of fused-ring (bicyclic) bond motifs is 1. The average molecular weight is 336 g/mol. The van der Waals surface area contributed by atoms with Gasteiger partial charge in [-0.05, 0) is 37.3 Å². The van der Waals surface area contributed by atoms with Crippen molar-refractivity contribution in [3.63, 3.8) is 0 Å². The number of rotatable bonds is 4. The first-order valence-corrected chi connectivity index (χ1v) is 8.57. The van der Waals surface area contributed by atoms with Crippen LogP contribution in [0.15, 0.2) is 18.5 Å². The summed E-state index contributed by atoms with van der Waals surface area (Å²) in [5, 5.41) is 12.9. The summed E-state index contributed by atoms with van der Waals surface area (Å²) in [6.07, 6.45) is 5.65. The third-order valence-electron chi connectivity index (χ3n) is 4.84. The Morgan fingerprint density at radius 2 is 2.24 bits per heavy atom. The van der Waals surface area contributed by atoms with Crippen LogP contribution >= 0.6 is 0 Å². The predicted molar refractivity (Wildman–Crippen MR) is 93.8 cm³/mol. The summed E-state index contributed by atoms with van der Waals surface area (Å²) in [7, 11) is 1.59. The van der Waals surface area contributed by atoms with Gasteiger partial charge in [-0.1, -0.05) is 0 Å². The summed E-state index contributed by atoms with van der Waals surface area (Å²) in [4.78, 5) is 15.3. The molecule has 25 heavy (non-hydrogen) atoms. The fourth-order valence-electron chi connectivity index (χ4n) is 3.59. The van der Waals surface area contributed by atoms with Gasteiger partial charge in [0.2, 0.25) is 5.88 Å². The van der Waals surface area contributed by atoms with Crippen LogP contribution in [0.2, 0.25) is 0 Å². The highest BCUT2D eigenvalue weighted by molar-refractivity contribution is 5.58. The van der Waals surface area contributed by atoms with E-state index in [0.29, 0.717) is 11.4 Å². The number of hydrogen-bond acceptors (Lipinski definition) is 7. The van der Waals surface area contributed by atoms with E-state index in [0.717, 1.165) is 56.1 Å². The first-order chi connectivity index (χ1) is 12.3. The molecule has 1 aliphatic carbocycles. The molecule has 0 radical (unpaired) electrons. The molecule has 0 bridgehead atoms. The molecule has 7 nitrogen and oxygen atoms in total. The van der Waals surface area contributed by atoms with Crippen molar-refractivity contribution in [2.24, 2.45) is 0 Å². The lowest BCUT2D eigenvalue weighted by Gasteiger charge is -2.20. The number of pyridine rings is 1. The van der Waals surface area contributed by atoms with E-state index >= 15 is 0 Å². The summed E-state index contributed by atoms with van der Waals surface area (Å²) in [6, 6.07) is 6.39. The Morgan fingerprint density at radius 3 is 3.08 bits per heavy atom. The SMILES string of the molecule is COc1cc(NC2CCN(c3nc4c(cc3C#N)CCC4)C2)ncn1. The van der Waals surface area contributed by atoms with Crippen molar-refractivity contribution in [2.75, 3.05) is 30.4 Å². The monoisotopic (exact) mass is 336 g/mol. The molecule has 2 aromatic rings. The van der Waals surface area contributed by atoms with E-state index in [-0.39, 0.29) is 6.04 Å². The van der Waals surface area contributed by atoms with Crippen LogP contribution in [-0.2, 0) is 12.8 Å². The van der Waals surface area contributed by atoms with Crippen LogP contribution in [-0.4, -0.2) is 41.2 Å². The highest BCUT2D eigenvalue weighted by Gasteiger charge is 2.27. The van der Waals surface area contributed by atoms with Crippen LogP contribution in [0, 0.1) is 11.3 Å². The van der Waals surface area contributed by atoms with E-state index in [2.05, 4.69) is 26.3 Å². The van der Waals surface area contributed by atoms with Gasteiger partial charge >= 0.3 is 0 Å². The van der Waals surface area contributed by atoms with E-state index in [9.17, 15) is 5.26 Å². The molecule has 2 aliphatic rings. The van der Waals surface area contributed by atoms with E-state index < -0.39 is 0 Å². The van der Waals surface area contributed by atoms with Gasteiger partial charge in [-0.25, -0.2) is 15.0 Å². The molecule has 7 heteroatoms. The second kappa shape index (κ2) is 6.55. The first-order valence-electron chi connectivity index (χ1n) is 8.57. The molecule has 2 aromatic heterocycles. The number of hydrogen-bond donors (Lipinski definition) is 1. The van der Waals surface area contributed by atoms with Crippen molar-refractivity contribution in [2.45, 2.75) is 31.7 Å². The number of nitrogens with one attached hydrogen (secondary N) is 1. The quantitative estimate of drug-likeness (QED) is 0.913. The largest absolute Gasteiger partial charge is 0.481 e. The molecule has 1 fully saturated rings. The fraction of sp³-hybridized carbons (Fsp3) is 0.444. The lowest BCUT2D eigenvalue weighted by atomic mass is 10.1. The Labute approximate surface area is 146 Å². The van der Waals surface area contributed by atoms with Gasteiger partial charge in [0, 0.05) is 30.9 Å². The minimum atomic E-state index is 0.251. The van der Waals surface area contributed by atoms with Gasteiger partial charge in [0.1, 0.15) is 24.0 Å². The summed E-state index contributed by atoms with van der Waals surface area (Å²) < 4.78 is 5.14. The topological polar surface area (TPSA) is 87.0 Å². The van der Waals surface area contributed by atoms with Crippen LogP contribution in [0.3, 0.4) is 0 Å². The van der Waals surface area contributed by atoms with Gasteiger partial charge in [0.05, 0.1) is 12.7 Å². The summed E-state index contributed by atoms with van der Waals surface area (Å²) in [5.41, 5.74) is 3.08. The maximum absolute atomic E-state index is 9.51. The minimum absolute atomic E-state index is 0.251. The molecule has 128 valence electrons. The second-order valence-corrected chi connectivity index (χ2v) is 6.45. The second-order valence-electron chi connectivity index (χ2n) is 6.45.